The van der Waals surface area contributed by atoms with Gasteiger partial charge in [0.25, 0.3) is 11.8 Å². The summed E-state index contributed by atoms with van der Waals surface area (Å²) in [6, 6.07) is -5.71. The summed E-state index contributed by atoms with van der Waals surface area (Å²) in [6.45, 7) is -0.708. The molecule has 15 nitrogen and oxygen atoms in total. The Labute approximate surface area is 157 Å². The Morgan fingerprint density at radius 3 is 1.89 bits per heavy atom. The molecule has 0 rings (SSSR count). The molecule has 0 fully saturated rings. The zero-order valence-electron chi connectivity index (χ0n) is 14.5. The number of aliphatic hydroxyl groups is 1. The monoisotopic (exact) mass is 406 g/mol. The fourth-order valence-electron chi connectivity index (χ4n) is 1.68. The number of nitrogens with one attached hydrogen (secondary N) is 4. The molecule has 0 spiro atoms. The maximum atomic E-state index is 12.0. The predicted octanol–water partition coefficient (Wildman–Crippen LogP) is -4.69. The lowest BCUT2D eigenvalue weighted by Gasteiger charge is -2.20. The van der Waals surface area contributed by atoms with Gasteiger partial charge in [0.2, 0.25) is 5.91 Å². The average molecular weight is 406 g/mol. The van der Waals surface area contributed by atoms with Crippen molar-refractivity contribution in [1.29, 1.82) is 0 Å². The normalized spacial score (nSPS) is 13.4. The summed E-state index contributed by atoms with van der Waals surface area (Å²) in [6.07, 6.45) is -1.67. The van der Waals surface area contributed by atoms with Crippen molar-refractivity contribution < 1.29 is 44.1 Å². The third kappa shape index (κ3) is 9.88. The van der Waals surface area contributed by atoms with E-state index in [-0.39, 0.29) is 0 Å². The Morgan fingerprint density at radius 2 is 1.43 bits per heavy atom. The van der Waals surface area contributed by atoms with Crippen molar-refractivity contribution in [2.45, 2.75) is 37.4 Å². The van der Waals surface area contributed by atoms with Crippen LogP contribution in [0.4, 0.5) is 4.79 Å². The smallest absolute Gasteiger partial charge is 0.326 e. The molecule has 0 aliphatic carbocycles. The van der Waals surface area contributed by atoms with Crippen molar-refractivity contribution in [2.24, 2.45) is 11.5 Å². The molecule has 11 N–H and O–H groups in total. The number of hydrazine groups is 1. The van der Waals surface area contributed by atoms with Gasteiger partial charge in [0.05, 0.1) is 13.0 Å². The van der Waals surface area contributed by atoms with E-state index in [4.69, 9.17) is 26.8 Å². The minimum absolute atomic E-state index is 0.431. The molecule has 0 aromatic heterocycles. The molecule has 0 radical (unpaired) electrons. The fourth-order valence-corrected chi connectivity index (χ4v) is 1.68. The van der Waals surface area contributed by atoms with Crippen LogP contribution < -0.4 is 33.0 Å². The molecule has 0 saturated carbocycles. The van der Waals surface area contributed by atoms with Gasteiger partial charge < -0.3 is 37.4 Å². The van der Waals surface area contributed by atoms with Crippen LogP contribution in [0, 0.1) is 0 Å². The van der Waals surface area contributed by atoms with Crippen LogP contribution in [0.2, 0.25) is 0 Å². The molecule has 0 aromatic carbocycles. The molecule has 0 heterocycles. The van der Waals surface area contributed by atoms with Gasteiger partial charge in [-0.3, -0.25) is 30.0 Å². The van der Waals surface area contributed by atoms with Gasteiger partial charge in [-0.05, 0) is 6.42 Å². The lowest BCUT2D eigenvalue weighted by atomic mass is 10.1. The van der Waals surface area contributed by atoms with Crippen molar-refractivity contribution in [2.75, 3.05) is 6.61 Å². The van der Waals surface area contributed by atoms with Gasteiger partial charge in [0, 0.05) is 6.42 Å². The molecular weight excluding hydrogens is 384 g/mol. The van der Waals surface area contributed by atoms with Crippen molar-refractivity contribution in [3.8, 4) is 0 Å². The Balaban J connectivity index is 4.91. The highest BCUT2D eigenvalue weighted by molar-refractivity contribution is 5.93. The first-order valence-electron chi connectivity index (χ1n) is 7.74. The Bertz CT molecular complexity index is 626. The van der Waals surface area contributed by atoms with Crippen LogP contribution in [0.5, 0.6) is 0 Å². The Kier molecular flexibility index (Phi) is 10.5. The highest BCUT2D eigenvalue weighted by Crippen LogP contribution is 1.99. The second kappa shape index (κ2) is 12.0. The summed E-state index contributed by atoms with van der Waals surface area (Å²) in [7, 11) is 0. The topological polar surface area (TPSA) is 263 Å². The number of carboxylic acids is 2. The largest absolute Gasteiger partial charge is 0.481 e. The number of carbonyl (C=O) groups is 6. The van der Waals surface area contributed by atoms with E-state index in [0.717, 1.165) is 0 Å². The Morgan fingerprint density at radius 1 is 0.893 bits per heavy atom. The molecule has 0 saturated heterocycles. The first kappa shape index (κ1) is 24.5. The van der Waals surface area contributed by atoms with E-state index in [1.54, 1.807) is 0 Å². The molecule has 0 bridgehead atoms. The number of rotatable bonds is 11. The molecule has 158 valence electrons. The first-order valence-corrected chi connectivity index (χ1v) is 7.74. The molecule has 3 atom stereocenters. The van der Waals surface area contributed by atoms with Crippen LogP contribution in [-0.4, -0.2) is 75.7 Å². The molecular formula is C13H22N6O9. The number of primary amides is 1. The van der Waals surface area contributed by atoms with Crippen LogP contribution in [0.1, 0.15) is 19.3 Å². The highest BCUT2D eigenvalue weighted by atomic mass is 16.4. The van der Waals surface area contributed by atoms with E-state index in [1.807, 2.05) is 21.5 Å². The van der Waals surface area contributed by atoms with Crippen LogP contribution in [-0.2, 0) is 24.0 Å². The Hall–Kier alpha value is -3.46. The summed E-state index contributed by atoms with van der Waals surface area (Å²) >= 11 is 0. The molecule has 1 unspecified atom stereocenters. The molecule has 0 aliphatic rings. The maximum Gasteiger partial charge on any atom is 0.326 e. The predicted molar refractivity (Wildman–Crippen MR) is 88.9 cm³/mol. The summed E-state index contributed by atoms with van der Waals surface area (Å²) in [5.41, 5.74) is 13.9. The van der Waals surface area contributed by atoms with E-state index < -0.39 is 79.7 Å². The number of aliphatic hydroxyl groups excluding tert-OH is 1. The lowest BCUT2D eigenvalue weighted by molar-refractivity contribution is -0.140. The number of amides is 5. The third-order valence-electron chi connectivity index (χ3n) is 3.12. The number of aliphatic carboxylic acids is 2. The van der Waals surface area contributed by atoms with Crippen LogP contribution in [0.25, 0.3) is 0 Å². The molecule has 28 heavy (non-hydrogen) atoms. The third-order valence-corrected chi connectivity index (χ3v) is 3.12. The average Bonchev–Trinajstić information content (AvgIpc) is 2.60. The second-order valence-corrected chi connectivity index (χ2v) is 5.43. The van der Waals surface area contributed by atoms with Gasteiger partial charge >= 0.3 is 18.0 Å². The van der Waals surface area contributed by atoms with Crippen molar-refractivity contribution in [3.63, 3.8) is 0 Å². The van der Waals surface area contributed by atoms with E-state index in [2.05, 4.69) is 0 Å². The number of hydrogen-bond acceptors (Lipinski definition) is 8. The minimum atomic E-state index is -1.60. The van der Waals surface area contributed by atoms with Gasteiger partial charge in [-0.1, -0.05) is 0 Å². The van der Waals surface area contributed by atoms with Crippen LogP contribution in [0.15, 0.2) is 0 Å². The fraction of sp³-hybridized carbons (Fsp3) is 0.538. The molecule has 0 aliphatic heterocycles. The van der Waals surface area contributed by atoms with Gasteiger partial charge in [0.15, 0.2) is 0 Å². The zero-order chi connectivity index (χ0) is 21.9. The van der Waals surface area contributed by atoms with Gasteiger partial charge in [-0.25, -0.2) is 9.59 Å². The molecule has 5 amide bonds. The van der Waals surface area contributed by atoms with E-state index in [9.17, 15) is 28.8 Å². The van der Waals surface area contributed by atoms with E-state index in [0.29, 0.717) is 0 Å². The first-order chi connectivity index (χ1) is 13.0. The minimum Gasteiger partial charge on any atom is -0.481 e. The van der Waals surface area contributed by atoms with Crippen molar-refractivity contribution in [1.82, 2.24) is 21.5 Å². The van der Waals surface area contributed by atoms with Crippen LogP contribution >= 0.6 is 0 Å². The summed E-state index contributed by atoms with van der Waals surface area (Å²) < 4.78 is 0. The summed E-state index contributed by atoms with van der Waals surface area (Å²) in [5.74, 6) is -5.85. The maximum absolute atomic E-state index is 12.0. The number of carboxylic acid groups (broad SMARTS) is 2. The second-order valence-electron chi connectivity index (χ2n) is 5.43. The highest BCUT2D eigenvalue weighted by Gasteiger charge is 2.27. The van der Waals surface area contributed by atoms with Crippen molar-refractivity contribution >= 4 is 35.7 Å². The summed E-state index contributed by atoms with van der Waals surface area (Å²) in [5, 5.41) is 30.2. The molecule has 0 aromatic rings. The molecule has 15 heteroatoms. The van der Waals surface area contributed by atoms with Crippen LogP contribution in [0.3, 0.4) is 0 Å². The lowest BCUT2D eigenvalue weighted by Crippen LogP contribution is -2.58. The number of urea groups is 1. The number of nitrogens with two attached hydrogens (primary N) is 2. The van der Waals surface area contributed by atoms with Gasteiger partial charge in [0.1, 0.15) is 18.1 Å². The van der Waals surface area contributed by atoms with Gasteiger partial charge in [-0.2, -0.15) is 0 Å². The number of carbonyl (C=O) groups excluding carboxylic acids is 4. The van der Waals surface area contributed by atoms with Crippen molar-refractivity contribution in [3.05, 3.63) is 0 Å². The van der Waals surface area contributed by atoms with E-state index in [1.165, 1.54) is 0 Å². The van der Waals surface area contributed by atoms with Gasteiger partial charge in [-0.15, -0.1) is 0 Å². The summed E-state index contributed by atoms with van der Waals surface area (Å²) in [4.78, 5) is 67.9. The van der Waals surface area contributed by atoms with E-state index >= 15 is 0 Å². The zero-order valence-corrected chi connectivity index (χ0v) is 14.5. The quantitative estimate of drug-likeness (QED) is 0.148. The SMILES string of the molecule is NC(=O)CC(NC(=O)N[C@@H](CCC(=O)O)C(=O)O)C(=O)NNC(=O)[C@@H](N)CO. The standard InChI is InChI=1S/C13H22N6O9/c14-5(4-20)10(24)18-19-11(25)7(3-8(15)21)17-13(28)16-6(12(26)27)1-2-9(22)23/h5-7,20H,1-4,14H2,(H2,15,21)(H,18,24)(H,19,25)(H,22,23)(H,26,27)(H2,16,17,28)/t5-,6-,7?/m0/s1. The number of hydrogen-bond donors (Lipinski definition) is 9.